The van der Waals surface area contributed by atoms with Gasteiger partial charge in [-0.15, -0.1) is 10.2 Å². The number of hydrogen-bond acceptors (Lipinski definition) is 12. The maximum Gasteiger partial charge on any atom is 0.194 e. The average molecular weight is 1050 g/mol. The third kappa shape index (κ3) is 10.7. The quantitative estimate of drug-likeness (QED) is 0.0764. The molecule has 4 heterocycles. The molecule has 2 aliphatic rings. The molecule has 12 nitrogen and oxygen atoms in total. The molecule has 8 rings (SSSR count). The summed E-state index contributed by atoms with van der Waals surface area (Å²) in [7, 11) is 0. The molecule has 10 atom stereocenters. The zero-order valence-corrected chi connectivity index (χ0v) is 37.4. The number of nitrogens with zero attached hydrogens (tertiary/aromatic N) is 6. The van der Waals surface area contributed by atoms with Crippen LogP contribution in [0.15, 0.2) is 82.8 Å². The zero-order valence-electron chi connectivity index (χ0n) is 32.8. The molecule has 0 spiro atoms. The first-order valence-electron chi connectivity index (χ1n) is 18.9. The van der Waals surface area contributed by atoms with Gasteiger partial charge in [0.05, 0.1) is 45.7 Å². The topological polar surface area (TPSA) is 161 Å². The number of hydrogen-bond donors (Lipinski definition) is 4. The number of thioether (sulfide) groups is 2. The summed E-state index contributed by atoms with van der Waals surface area (Å²) in [5, 5.41) is 56.6. The second-order valence-corrected chi connectivity index (χ2v) is 18.3. The van der Waals surface area contributed by atoms with Crippen LogP contribution in [0.25, 0.3) is 22.5 Å². The maximum atomic E-state index is 15.5. The minimum absolute atomic E-state index is 0.0760. The van der Waals surface area contributed by atoms with Crippen molar-refractivity contribution in [3.63, 3.8) is 0 Å². The maximum absolute atomic E-state index is 15.5. The summed E-state index contributed by atoms with van der Waals surface area (Å²) in [5.41, 5.74) is -2.77. The minimum Gasteiger partial charge on any atom is -0.394 e. The van der Waals surface area contributed by atoms with Crippen molar-refractivity contribution in [3.8, 4) is 22.5 Å². The van der Waals surface area contributed by atoms with Gasteiger partial charge in [-0.25, -0.2) is 44.5 Å². The Hall–Kier alpha value is -3.78. The lowest BCUT2D eigenvalue weighted by Gasteiger charge is -2.40. The third-order valence-electron chi connectivity index (χ3n) is 10.1. The van der Waals surface area contributed by atoms with Gasteiger partial charge in [0.2, 0.25) is 0 Å². The fourth-order valence-corrected chi connectivity index (χ4v) is 9.68. The SMILES string of the molecule is OC[C@H]1O[C@@H](Sc2ccc(Cl)c(Cl)c2)[C@H](F)[C@@H](n2cc(-c3cc(F)c(F)c(F)c3)nn2)[C@H]1O.OC[C@H]1O[C@H](Sc2ccc(Cl)c(Cl)c2)[C@H](F)[C@@H](n2cc(-c3cc(F)c(F)c(F)c3)nn2)[C@H]1O. The van der Waals surface area contributed by atoms with E-state index in [1.54, 1.807) is 12.1 Å². The molecule has 4 N–H and O–H groups in total. The number of alkyl halides is 2. The molecule has 2 saturated heterocycles. The monoisotopic (exact) mass is 1050 g/mol. The van der Waals surface area contributed by atoms with Gasteiger partial charge in [0, 0.05) is 20.9 Å². The van der Waals surface area contributed by atoms with Gasteiger partial charge in [0.1, 0.15) is 58.8 Å². The molecule has 0 bridgehead atoms. The Morgan fingerprint density at radius 1 is 0.545 bits per heavy atom. The largest absolute Gasteiger partial charge is 0.394 e. The van der Waals surface area contributed by atoms with Gasteiger partial charge in [-0.05, 0) is 60.7 Å². The van der Waals surface area contributed by atoms with Crippen LogP contribution >= 0.6 is 69.9 Å². The van der Waals surface area contributed by atoms with Crippen molar-refractivity contribution in [3.05, 3.63) is 128 Å². The number of rotatable bonds is 10. The van der Waals surface area contributed by atoms with Crippen molar-refractivity contribution < 1.29 is 65.0 Å². The highest BCUT2D eigenvalue weighted by Crippen LogP contribution is 2.43. The van der Waals surface area contributed by atoms with Gasteiger partial charge < -0.3 is 29.9 Å². The van der Waals surface area contributed by atoms with E-state index in [0.717, 1.165) is 69.5 Å². The Labute approximate surface area is 396 Å². The van der Waals surface area contributed by atoms with Gasteiger partial charge in [-0.1, -0.05) is 80.4 Å². The molecular weight excluding hydrogens is 1020 g/mol. The van der Waals surface area contributed by atoms with E-state index in [0.29, 0.717) is 19.8 Å². The van der Waals surface area contributed by atoms with E-state index in [-0.39, 0.29) is 32.6 Å². The summed E-state index contributed by atoms with van der Waals surface area (Å²) in [6.07, 6.45) is -6.73. The first kappa shape index (κ1) is 50.1. The van der Waals surface area contributed by atoms with Crippen LogP contribution in [0, 0.1) is 34.9 Å². The molecule has 0 radical (unpaired) electrons. The summed E-state index contributed by atoms with van der Waals surface area (Å²) in [6.45, 7) is -1.22. The van der Waals surface area contributed by atoms with Crippen LogP contribution in [0.1, 0.15) is 12.1 Å². The van der Waals surface area contributed by atoms with Gasteiger partial charge in [-0.3, -0.25) is 0 Å². The second-order valence-electron chi connectivity index (χ2n) is 14.4. The predicted octanol–water partition coefficient (Wildman–Crippen LogP) is 8.84. The van der Waals surface area contributed by atoms with E-state index in [2.05, 4.69) is 20.6 Å². The normalized spacial score (nSPS) is 25.4. The van der Waals surface area contributed by atoms with E-state index < -0.39 is 108 Å². The number of aliphatic hydroxyl groups excluding tert-OH is 4. The fourth-order valence-electron chi connectivity index (χ4n) is 6.77. The highest BCUT2D eigenvalue weighted by molar-refractivity contribution is 8.00. The van der Waals surface area contributed by atoms with E-state index in [1.165, 1.54) is 24.3 Å². The zero-order chi connectivity index (χ0) is 47.7. The summed E-state index contributed by atoms with van der Waals surface area (Å²) >= 11 is 25.7. The fraction of sp³-hybridized carbons (Fsp3) is 0.300. The average Bonchev–Trinajstić information content (AvgIpc) is 3.98. The molecule has 352 valence electrons. The Balaban J connectivity index is 0.000000196. The number of halogens is 12. The van der Waals surface area contributed by atoms with Crippen molar-refractivity contribution in [1.82, 2.24) is 30.0 Å². The lowest BCUT2D eigenvalue weighted by molar-refractivity contribution is -0.161. The smallest absolute Gasteiger partial charge is 0.194 e. The van der Waals surface area contributed by atoms with Crippen molar-refractivity contribution in [1.29, 1.82) is 0 Å². The van der Waals surface area contributed by atoms with Gasteiger partial charge in [-0.2, -0.15) is 0 Å². The molecule has 2 aliphatic heterocycles. The summed E-state index contributed by atoms with van der Waals surface area (Å²) in [6, 6.07) is 9.49. The van der Waals surface area contributed by atoms with Crippen LogP contribution < -0.4 is 0 Å². The van der Waals surface area contributed by atoms with Crippen molar-refractivity contribution in [2.45, 2.75) is 69.5 Å². The highest BCUT2D eigenvalue weighted by Gasteiger charge is 2.49. The van der Waals surface area contributed by atoms with Crippen LogP contribution in [0.4, 0.5) is 35.1 Å². The van der Waals surface area contributed by atoms with Gasteiger partial charge in [0.15, 0.2) is 47.2 Å². The Bertz CT molecular complexity index is 2480. The molecular formula is C40H30Cl4F8N6O6S2. The first-order valence-corrected chi connectivity index (χ1v) is 22.2. The molecule has 2 aromatic heterocycles. The molecule has 2 fully saturated rings. The lowest BCUT2D eigenvalue weighted by atomic mass is 9.98. The van der Waals surface area contributed by atoms with E-state index >= 15 is 8.78 Å². The number of benzene rings is 4. The number of aliphatic hydroxyl groups is 4. The van der Waals surface area contributed by atoms with Gasteiger partial charge >= 0.3 is 0 Å². The minimum atomic E-state index is -1.85. The van der Waals surface area contributed by atoms with Crippen molar-refractivity contribution in [2.75, 3.05) is 13.2 Å². The number of ether oxygens (including phenoxy) is 2. The van der Waals surface area contributed by atoms with Crippen LogP contribution in [0.2, 0.25) is 20.1 Å². The van der Waals surface area contributed by atoms with Crippen LogP contribution in [0.3, 0.4) is 0 Å². The Kier molecular flexibility index (Phi) is 16.1. The summed E-state index contributed by atoms with van der Waals surface area (Å²) < 4.78 is 125. The summed E-state index contributed by atoms with van der Waals surface area (Å²) in [5.74, 6) is -8.97. The Morgan fingerprint density at radius 2 is 0.894 bits per heavy atom. The molecule has 0 unspecified atom stereocenters. The van der Waals surface area contributed by atoms with E-state index in [4.69, 9.17) is 55.9 Å². The molecule has 0 amide bonds. The molecule has 26 heteroatoms. The van der Waals surface area contributed by atoms with Crippen molar-refractivity contribution >= 4 is 69.9 Å². The van der Waals surface area contributed by atoms with Crippen LogP contribution in [-0.2, 0) is 9.47 Å². The molecule has 6 aromatic rings. The third-order valence-corrected chi connectivity index (χ3v) is 13.8. The standard InChI is InChI=1S/2C20H15Cl2F4N3O3S/c2*21-10-2-1-9(5-11(10)22)33-20-17(26)18(19(31)15(7-30)32-20)29-6-14(27-28-29)8-3-12(23)16(25)13(24)4-8/h2*1-6,15,17-20,30-31H,7H2/t15-,17-,18-,19+,20+;15-,17-,18-,19+,20-/m11/s1. The predicted molar refractivity (Wildman–Crippen MR) is 227 cm³/mol. The summed E-state index contributed by atoms with van der Waals surface area (Å²) in [4.78, 5) is 1.06. The lowest BCUT2D eigenvalue weighted by Crippen LogP contribution is -2.53. The first-order chi connectivity index (χ1) is 31.4. The van der Waals surface area contributed by atoms with Crippen LogP contribution in [0.5, 0.6) is 0 Å². The molecule has 66 heavy (non-hydrogen) atoms. The van der Waals surface area contributed by atoms with Crippen LogP contribution in [-0.4, -0.2) is 111 Å². The van der Waals surface area contributed by atoms with Gasteiger partial charge in [0.25, 0.3) is 0 Å². The molecule has 4 aromatic carbocycles. The molecule has 0 aliphatic carbocycles. The van der Waals surface area contributed by atoms with E-state index in [1.807, 2.05) is 0 Å². The molecule has 0 saturated carbocycles. The van der Waals surface area contributed by atoms with E-state index in [9.17, 15) is 46.8 Å². The second kappa shape index (κ2) is 21.2. The van der Waals surface area contributed by atoms with Crippen molar-refractivity contribution in [2.24, 2.45) is 0 Å². The highest BCUT2D eigenvalue weighted by atomic mass is 35.5. The Morgan fingerprint density at radius 3 is 1.21 bits per heavy atom. The number of aromatic nitrogens is 6.